The van der Waals surface area contributed by atoms with E-state index in [1.807, 2.05) is 39.8 Å². The Morgan fingerprint density at radius 2 is 1.35 bits per heavy atom. The molecule has 3 rings (SSSR count). The third-order valence-corrected chi connectivity index (χ3v) is 6.18. The number of hydrogen-bond donors (Lipinski definition) is 2. The van der Waals surface area contributed by atoms with Crippen molar-refractivity contribution in [1.29, 1.82) is 0 Å². The van der Waals surface area contributed by atoms with Crippen LogP contribution in [0.3, 0.4) is 0 Å². The summed E-state index contributed by atoms with van der Waals surface area (Å²) in [5, 5.41) is 17.1. The Balaban J connectivity index is 0.00000131. The third kappa shape index (κ3) is 9.21. The second-order valence-electron chi connectivity index (χ2n) is 8.36. The van der Waals surface area contributed by atoms with Crippen molar-refractivity contribution in [3.63, 3.8) is 0 Å². The van der Waals surface area contributed by atoms with Crippen molar-refractivity contribution >= 4 is 49.2 Å². The van der Waals surface area contributed by atoms with Crippen LogP contribution in [0, 0.1) is 20.8 Å². The van der Waals surface area contributed by atoms with Gasteiger partial charge in [0.05, 0.1) is 25.1 Å². The first-order valence-corrected chi connectivity index (χ1v) is 14.1. The summed E-state index contributed by atoms with van der Waals surface area (Å²) in [6, 6.07) is 11.3. The second kappa shape index (κ2) is 14.3. The first-order valence-electron chi connectivity index (χ1n) is 11.7. The summed E-state index contributed by atoms with van der Waals surface area (Å²) in [4.78, 5) is -0.419. The van der Waals surface area contributed by atoms with Crippen molar-refractivity contribution in [2.24, 2.45) is 20.5 Å². The molecule has 3 aromatic carbocycles. The summed E-state index contributed by atoms with van der Waals surface area (Å²) in [6.07, 6.45) is 0.761. The maximum Gasteiger partial charge on any atom is 0.425 e. The Hall–Kier alpha value is -4.21. The van der Waals surface area contributed by atoms with Crippen LogP contribution in [-0.2, 0) is 20.7 Å². The monoisotopic (exact) mass is 591 g/mol. The van der Waals surface area contributed by atoms with E-state index >= 15 is 0 Å². The van der Waals surface area contributed by atoms with Gasteiger partial charge in [0.1, 0.15) is 27.8 Å². The fourth-order valence-corrected chi connectivity index (χ4v) is 3.87. The van der Waals surface area contributed by atoms with Crippen molar-refractivity contribution in [2.45, 2.75) is 39.0 Å². The molecular formula is C25H29N5O8S2. The number of nitrogen functional groups attached to an aromatic ring is 1. The van der Waals surface area contributed by atoms with Crippen molar-refractivity contribution in [3.8, 4) is 11.5 Å². The minimum atomic E-state index is -4.55. The molecule has 0 unspecified atom stereocenters. The first-order chi connectivity index (χ1) is 18.8. The van der Waals surface area contributed by atoms with E-state index < -0.39 is 25.6 Å². The van der Waals surface area contributed by atoms with Crippen LogP contribution in [0.25, 0.3) is 0 Å². The van der Waals surface area contributed by atoms with Gasteiger partial charge in [0.2, 0.25) is 0 Å². The highest BCUT2D eigenvalue weighted by molar-refractivity contribution is 7.86. The zero-order valence-electron chi connectivity index (χ0n) is 22.4. The quantitative estimate of drug-likeness (QED) is 0.168. The molecule has 0 saturated carbocycles. The van der Waals surface area contributed by atoms with Gasteiger partial charge in [0.15, 0.2) is 0 Å². The van der Waals surface area contributed by atoms with Gasteiger partial charge in [-0.15, -0.1) is 22.9 Å². The Bertz CT molecular complexity index is 1650. The highest BCUT2D eigenvalue weighted by atomic mass is 32.2. The zero-order chi connectivity index (χ0) is 30.0. The van der Waals surface area contributed by atoms with E-state index in [4.69, 9.17) is 27.8 Å². The van der Waals surface area contributed by atoms with Crippen LogP contribution in [0.5, 0.6) is 11.5 Å². The molecule has 15 heteroatoms. The molecule has 3 aromatic rings. The Kier molecular flexibility index (Phi) is 11.4. The summed E-state index contributed by atoms with van der Waals surface area (Å²) in [6.45, 7) is 8.06. The van der Waals surface area contributed by atoms with Gasteiger partial charge in [-0.3, -0.25) is 4.55 Å². The highest BCUT2D eigenvalue weighted by Gasteiger charge is 2.17. The van der Waals surface area contributed by atoms with Crippen LogP contribution in [0.1, 0.15) is 30.0 Å². The second-order valence-corrected chi connectivity index (χ2v) is 10.2. The van der Waals surface area contributed by atoms with Crippen LogP contribution in [0.2, 0.25) is 0 Å². The molecule has 0 saturated heterocycles. The van der Waals surface area contributed by atoms with Crippen LogP contribution >= 0.6 is 0 Å². The minimum Gasteiger partial charge on any atom is -0.497 e. The topological polar surface area (TPSA) is 199 Å². The molecule has 0 amide bonds. The van der Waals surface area contributed by atoms with Gasteiger partial charge in [-0.05, 0) is 74.2 Å². The van der Waals surface area contributed by atoms with Gasteiger partial charge < -0.3 is 15.2 Å². The number of methoxy groups -OCH3 is 1. The van der Waals surface area contributed by atoms with Crippen molar-refractivity contribution in [3.05, 3.63) is 59.2 Å². The maximum absolute atomic E-state index is 11.8. The summed E-state index contributed by atoms with van der Waals surface area (Å²) in [5.74, 6) is 0.665. The molecule has 3 N–H and O–H groups in total. The predicted octanol–water partition coefficient (Wildman–Crippen LogP) is 6.06. The molecule has 0 fully saturated rings. The summed E-state index contributed by atoms with van der Waals surface area (Å²) >= 11 is 0. The molecule has 40 heavy (non-hydrogen) atoms. The predicted molar refractivity (Wildman–Crippen MR) is 148 cm³/mol. The molecule has 0 radical (unpaired) electrons. The SMILES string of the molecule is CCCOc1cc(N=Nc2cc(C)c(N)cc2C)c(C)cc1N=Nc1ccc(OC)cc1S(=O)(=O)O.O=S(=O)=O. The normalized spacial score (nSPS) is 11.3. The van der Waals surface area contributed by atoms with E-state index in [-0.39, 0.29) is 11.4 Å². The van der Waals surface area contributed by atoms with E-state index in [9.17, 15) is 13.0 Å². The third-order valence-electron chi connectivity index (χ3n) is 5.30. The van der Waals surface area contributed by atoms with Gasteiger partial charge >= 0.3 is 10.6 Å². The molecular weight excluding hydrogens is 562 g/mol. The fourth-order valence-electron chi connectivity index (χ4n) is 3.23. The highest BCUT2D eigenvalue weighted by Crippen LogP contribution is 2.38. The molecule has 0 aliphatic heterocycles. The molecule has 0 atom stereocenters. The van der Waals surface area contributed by atoms with Gasteiger partial charge in [0.25, 0.3) is 10.1 Å². The van der Waals surface area contributed by atoms with Gasteiger partial charge in [-0.2, -0.15) is 18.6 Å². The average Bonchev–Trinajstić information content (AvgIpc) is 2.87. The zero-order valence-corrected chi connectivity index (χ0v) is 24.1. The molecule has 0 aliphatic carbocycles. The van der Waals surface area contributed by atoms with E-state index in [0.717, 1.165) is 23.1 Å². The molecule has 13 nitrogen and oxygen atoms in total. The lowest BCUT2D eigenvalue weighted by Crippen LogP contribution is -1.99. The maximum atomic E-state index is 11.8. The number of aryl methyl sites for hydroxylation is 3. The standard InChI is InChI=1S/C25H29N5O5S.O3S/c1-6-9-35-24-14-22(29-28-21-11-15(2)19(26)10-16(21)3)17(4)12-23(24)30-27-20-8-7-18(34-5)13-25(20)36(31,32)33;1-4(2)3/h7-8,10-14H,6,9,26H2,1-5H3,(H,31,32,33);. The number of nitrogens with zero attached hydrogens (tertiary/aromatic N) is 4. The number of ether oxygens (including phenoxy) is 2. The van der Waals surface area contributed by atoms with Crippen LogP contribution in [0.15, 0.2) is 67.8 Å². The van der Waals surface area contributed by atoms with E-state index in [0.29, 0.717) is 35.1 Å². The lowest BCUT2D eigenvalue weighted by Gasteiger charge is -2.11. The molecule has 214 valence electrons. The Morgan fingerprint density at radius 1 is 0.825 bits per heavy atom. The number of nitrogens with two attached hydrogens (primary N) is 1. The molecule has 0 spiro atoms. The van der Waals surface area contributed by atoms with Crippen molar-refractivity contribution in [2.75, 3.05) is 19.5 Å². The van der Waals surface area contributed by atoms with Crippen molar-refractivity contribution in [1.82, 2.24) is 0 Å². The molecule has 0 bridgehead atoms. The minimum absolute atomic E-state index is 0.0460. The van der Waals surface area contributed by atoms with E-state index in [2.05, 4.69) is 20.5 Å². The Morgan fingerprint density at radius 3 is 1.93 bits per heavy atom. The number of benzene rings is 3. The van der Waals surface area contributed by atoms with Gasteiger partial charge in [0, 0.05) is 17.8 Å². The smallest absolute Gasteiger partial charge is 0.425 e. The Labute approximate surface area is 233 Å². The van der Waals surface area contributed by atoms with Crippen LogP contribution < -0.4 is 15.2 Å². The number of hydrogen-bond acceptors (Lipinski definition) is 12. The number of rotatable bonds is 9. The lowest BCUT2D eigenvalue weighted by atomic mass is 10.1. The molecule has 0 aliphatic rings. The summed E-state index contributed by atoms with van der Waals surface area (Å²) < 4.78 is 69.5. The fraction of sp³-hybridized carbons (Fsp3) is 0.280. The largest absolute Gasteiger partial charge is 0.497 e. The number of anilines is 1. The van der Waals surface area contributed by atoms with Crippen molar-refractivity contribution < 1.29 is 35.1 Å². The summed E-state index contributed by atoms with van der Waals surface area (Å²) in [7, 11) is -6.28. The average molecular weight is 592 g/mol. The van der Waals surface area contributed by atoms with E-state index in [1.54, 1.807) is 12.1 Å². The number of azo groups is 2. The van der Waals surface area contributed by atoms with Gasteiger partial charge in [-0.1, -0.05) is 6.92 Å². The van der Waals surface area contributed by atoms with Gasteiger partial charge in [-0.25, -0.2) is 0 Å². The first kappa shape index (κ1) is 32.0. The van der Waals surface area contributed by atoms with E-state index in [1.165, 1.54) is 25.3 Å². The molecule has 0 aromatic heterocycles. The summed E-state index contributed by atoms with van der Waals surface area (Å²) in [5.41, 5.74) is 10.8. The molecule has 0 heterocycles. The van der Waals surface area contributed by atoms with Crippen LogP contribution in [-0.4, -0.2) is 39.3 Å². The lowest BCUT2D eigenvalue weighted by molar-refractivity contribution is 0.318. The van der Waals surface area contributed by atoms with Crippen LogP contribution in [0.4, 0.5) is 28.4 Å².